The molecule has 120 valence electrons. The predicted molar refractivity (Wildman–Crippen MR) is 91.6 cm³/mol. The molecule has 0 radical (unpaired) electrons. The molecule has 1 aromatic heterocycles. The molecule has 1 saturated heterocycles. The van der Waals surface area contributed by atoms with Crippen molar-refractivity contribution in [3.8, 4) is 0 Å². The predicted octanol–water partition coefficient (Wildman–Crippen LogP) is 3.25. The SMILES string of the molecule is CC(c1ccccc1)N1CCN(C(=O)c2ccnc(Cl)c2)CC1. The summed E-state index contributed by atoms with van der Waals surface area (Å²) in [5, 5.41) is 0.354. The molecule has 2 heterocycles. The van der Waals surface area contributed by atoms with E-state index in [1.165, 1.54) is 5.56 Å². The maximum absolute atomic E-state index is 12.5. The molecule has 1 aliphatic rings. The quantitative estimate of drug-likeness (QED) is 0.811. The van der Waals surface area contributed by atoms with E-state index in [4.69, 9.17) is 11.6 Å². The highest BCUT2D eigenvalue weighted by Gasteiger charge is 2.25. The summed E-state index contributed by atoms with van der Waals surface area (Å²) in [7, 11) is 0. The second kappa shape index (κ2) is 7.11. The van der Waals surface area contributed by atoms with Crippen LogP contribution in [0.15, 0.2) is 48.7 Å². The van der Waals surface area contributed by atoms with Crippen LogP contribution in [0.3, 0.4) is 0 Å². The Morgan fingerprint density at radius 3 is 2.48 bits per heavy atom. The number of aromatic nitrogens is 1. The number of nitrogens with zero attached hydrogens (tertiary/aromatic N) is 3. The first-order valence-electron chi connectivity index (χ1n) is 7.85. The van der Waals surface area contributed by atoms with Crippen molar-refractivity contribution in [1.29, 1.82) is 0 Å². The van der Waals surface area contributed by atoms with Crippen molar-refractivity contribution in [3.63, 3.8) is 0 Å². The number of hydrogen-bond acceptors (Lipinski definition) is 3. The van der Waals surface area contributed by atoms with E-state index in [0.29, 0.717) is 16.8 Å². The summed E-state index contributed by atoms with van der Waals surface area (Å²) < 4.78 is 0. The fourth-order valence-corrected chi connectivity index (χ4v) is 3.15. The van der Waals surface area contributed by atoms with E-state index in [9.17, 15) is 4.79 Å². The van der Waals surface area contributed by atoms with Gasteiger partial charge in [-0.25, -0.2) is 4.98 Å². The second-order valence-electron chi connectivity index (χ2n) is 5.78. The zero-order valence-corrected chi connectivity index (χ0v) is 13.9. The topological polar surface area (TPSA) is 36.4 Å². The number of piperazine rings is 1. The summed E-state index contributed by atoms with van der Waals surface area (Å²) in [5.74, 6) is 0.0290. The maximum Gasteiger partial charge on any atom is 0.254 e. The summed E-state index contributed by atoms with van der Waals surface area (Å²) in [6, 6.07) is 14.2. The van der Waals surface area contributed by atoms with Crippen molar-refractivity contribution < 1.29 is 4.79 Å². The maximum atomic E-state index is 12.5. The third-order valence-corrected chi connectivity index (χ3v) is 4.61. The molecule has 1 atom stereocenters. The Labute approximate surface area is 141 Å². The molecule has 0 N–H and O–H groups in total. The van der Waals surface area contributed by atoms with Crippen LogP contribution in [0.25, 0.3) is 0 Å². The molecule has 23 heavy (non-hydrogen) atoms. The fraction of sp³-hybridized carbons (Fsp3) is 0.333. The van der Waals surface area contributed by atoms with Crippen molar-refractivity contribution in [2.75, 3.05) is 26.2 Å². The fourth-order valence-electron chi connectivity index (χ4n) is 2.97. The summed E-state index contributed by atoms with van der Waals surface area (Å²) in [5.41, 5.74) is 1.92. The van der Waals surface area contributed by atoms with Gasteiger partial charge in [0.25, 0.3) is 5.91 Å². The lowest BCUT2D eigenvalue weighted by molar-refractivity contribution is 0.0582. The lowest BCUT2D eigenvalue weighted by atomic mass is 10.1. The zero-order chi connectivity index (χ0) is 16.2. The highest BCUT2D eigenvalue weighted by Crippen LogP contribution is 2.22. The highest BCUT2D eigenvalue weighted by atomic mass is 35.5. The Morgan fingerprint density at radius 1 is 1.13 bits per heavy atom. The number of hydrogen-bond donors (Lipinski definition) is 0. The third-order valence-electron chi connectivity index (χ3n) is 4.40. The van der Waals surface area contributed by atoms with Crippen LogP contribution < -0.4 is 0 Å². The lowest BCUT2D eigenvalue weighted by Crippen LogP contribution is -2.49. The van der Waals surface area contributed by atoms with Crippen LogP contribution in [-0.4, -0.2) is 46.9 Å². The molecule has 2 aromatic rings. The van der Waals surface area contributed by atoms with Crippen LogP contribution in [-0.2, 0) is 0 Å². The molecule has 1 aliphatic heterocycles. The number of pyridine rings is 1. The molecule has 0 saturated carbocycles. The molecule has 0 spiro atoms. The van der Waals surface area contributed by atoms with Crippen molar-refractivity contribution in [3.05, 3.63) is 64.9 Å². The van der Waals surface area contributed by atoms with Crippen LogP contribution in [0.4, 0.5) is 0 Å². The summed E-state index contributed by atoms with van der Waals surface area (Å²) in [4.78, 5) is 20.7. The van der Waals surface area contributed by atoms with Gasteiger partial charge in [-0.2, -0.15) is 0 Å². The van der Waals surface area contributed by atoms with E-state index < -0.39 is 0 Å². The van der Waals surface area contributed by atoms with E-state index >= 15 is 0 Å². The molecule has 0 bridgehead atoms. The van der Waals surface area contributed by atoms with Gasteiger partial charge in [-0.05, 0) is 24.6 Å². The number of rotatable bonds is 3. The first-order chi connectivity index (χ1) is 11.1. The van der Waals surface area contributed by atoms with Gasteiger partial charge < -0.3 is 4.90 Å². The average Bonchev–Trinajstić information content (AvgIpc) is 2.61. The standard InChI is InChI=1S/C18H20ClN3O/c1-14(15-5-3-2-4-6-15)21-9-11-22(12-10-21)18(23)16-7-8-20-17(19)13-16/h2-8,13-14H,9-12H2,1H3. The molecule has 4 nitrogen and oxygen atoms in total. The number of carbonyl (C=O) groups excluding carboxylic acids is 1. The average molecular weight is 330 g/mol. The highest BCUT2D eigenvalue weighted by molar-refractivity contribution is 6.29. The van der Waals surface area contributed by atoms with Crippen molar-refractivity contribution in [2.24, 2.45) is 0 Å². The Kier molecular flexibility index (Phi) is 4.94. The third kappa shape index (κ3) is 3.71. The Morgan fingerprint density at radius 2 is 1.83 bits per heavy atom. The van der Waals surface area contributed by atoms with Gasteiger partial charge in [0.05, 0.1) is 0 Å². The molecule has 5 heteroatoms. The van der Waals surface area contributed by atoms with Gasteiger partial charge in [0.15, 0.2) is 0 Å². The van der Waals surface area contributed by atoms with Gasteiger partial charge >= 0.3 is 0 Å². The summed E-state index contributed by atoms with van der Waals surface area (Å²) >= 11 is 5.87. The van der Waals surface area contributed by atoms with Crippen molar-refractivity contribution >= 4 is 17.5 Å². The first kappa shape index (κ1) is 16.0. The molecule has 1 amide bonds. The van der Waals surface area contributed by atoms with Crippen LogP contribution in [0, 0.1) is 0 Å². The molecule has 1 unspecified atom stereocenters. The Bertz CT molecular complexity index is 669. The number of amides is 1. The van der Waals surface area contributed by atoms with Gasteiger partial charge in [-0.15, -0.1) is 0 Å². The molecule has 3 rings (SSSR count). The molecular weight excluding hydrogens is 310 g/mol. The van der Waals surface area contributed by atoms with Gasteiger partial charge in [-0.1, -0.05) is 41.9 Å². The lowest BCUT2D eigenvalue weighted by Gasteiger charge is -2.38. The monoisotopic (exact) mass is 329 g/mol. The van der Waals surface area contributed by atoms with Crippen molar-refractivity contribution in [2.45, 2.75) is 13.0 Å². The summed E-state index contributed by atoms with van der Waals surface area (Å²) in [6.07, 6.45) is 1.57. The Hall–Kier alpha value is -1.91. The minimum absolute atomic E-state index is 0.0290. The number of benzene rings is 1. The molecule has 0 aliphatic carbocycles. The van der Waals surface area contributed by atoms with Crippen LogP contribution in [0.2, 0.25) is 5.15 Å². The van der Waals surface area contributed by atoms with E-state index in [0.717, 1.165) is 26.2 Å². The van der Waals surface area contributed by atoms with Gasteiger partial charge in [0.2, 0.25) is 0 Å². The van der Waals surface area contributed by atoms with Crippen LogP contribution in [0.5, 0.6) is 0 Å². The van der Waals surface area contributed by atoms with E-state index in [1.807, 2.05) is 11.0 Å². The van der Waals surface area contributed by atoms with E-state index in [2.05, 4.69) is 41.1 Å². The molecule has 1 aromatic carbocycles. The summed E-state index contributed by atoms with van der Waals surface area (Å²) in [6.45, 7) is 5.43. The van der Waals surface area contributed by atoms with E-state index in [-0.39, 0.29) is 5.91 Å². The minimum atomic E-state index is 0.0290. The number of carbonyl (C=O) groups is 1. The van der Waals surface area contributed by atoms with Gasteiger partial charge in [-0.3, -0.25) is 9.69 Å². The van der Waals surface area contributed by atoms with Crippen LogP contribution >= 0.6 is 11.6 Å². The zero-order valence-electron chi connectivity index (χ0n) is 13.2. The largest absolute Gasteiger partial charge is 0.336 e. The minimum Gasteiger partial charge on any atom is -0.336 e. The Balaban J connectivity index is 1.61. The van der Waals surface area contributed by atoms with Gasteiger partial charge in [0, 0.05) is 44.0 Å². The van der Waals surface area contributed by atoms with Crippen molar-refractivity contribution in [1.82, 2.24) is 14.8 Å². The number of halogens is 1. The smallest absolute Gasteiger partial charge is 0.254 e. The molecular formula is C18H20ClN3O. The molecule has 1 fully saturated rings. The van der Waals surface area contributed by atoms with Gasteiger partial charge in [0.1, 0.15) is 5.15 Å². The van der Waals surface area contributed by atoms with E-state index in [1.54, 1.807) is 18.3 Å². The van der Waals surface area contributed by atoms with Crippen LogP contribution in [0.1, 0.15) is 28.9 Å². The second-order valence-corrected chi connectivity index (χ2v) is 6.17. The normalized spacial score (nSPS) is 17.0. The first-order valence-corrected chi connectivity index (χ1v) is 8.23.